The maximum atomic E-state index is 12.4. The van der Waals surface area contributed by atoms with E-state index in [0.29, 0.717) is 17.1 Å². The summed E-state index contributed by atoms with van der Waals surface area (Å²) in [5, 5.41) is 0. The van der Waals surface area contributed by atoms with Crippen molar-refractivity contribution in [1.82, 2.24) is 18.7 Å². The molecule has 0 amide bonds. The van der Waals surface area contributed by atoms with E-state index in [2.05, 4.69) is 4.98 Å². The van der Waals surface area contributed by atoms with Crippen LogP contribution in [0.25, 0.3) is 11.2 Å². The lowest BCUT2D eigenvalue weighted by Crippen LogP contribution is -2.37. The van der Waals surface area contributed by atoms with Gasteiger partial charge < -0.3 is 18.8 Å². The molecule has 2 aromatic heterocycles. The number of fused-ring (bicyclic) bond motifs is 1. The van der Waals surface area contributed by atoms with Crippen LogP contribution in [0.4, 0.5) is 0 Å². The van der Waals surface area contributed by atoms with E-state index in [1.807, 2.05) is 0 Å². The zero-order valence-corrected chi connectivity index (χ0v) is 16.0. The summed E-state index contributed by atoms with van der Waals surface area (Å²) in [5.74, 6) is 0.600. The monoisotopic (exact) mass is 388 g/mol. The highest BCUT2D eigenvalue weighted by atomic mass is 16.5. The number of rotatable bonds is 6. The van der Waals surface area contributed by atoms with Crippen LogP contribution in [0.5, 0.6) is 11.5 Å². The number of esters is 1. The van der Waals surface area contributed by atoms with Gasteiger partial charge in [-0.25, -0.2) is 9.78 Å². The van der Waals surface area contributed by atoms with Crippen molar-refractivity contribution in [2.75, 3.05) is 14.2 Å². The molecule has 0 fully saturated rings. The summed E-state index contributed by atoms with van der Waals surface area (Å²) in [7, 11) is 5.93. The number of hydrogen-bond acceptors (Lipinski definition) is 7. The fraction of sp³-hybridized carbons (Fsp3) is 0.333. The van der Waals surface area contributed by atoms with Crippen molar-refractivity contribution in [3.8, 4) is 11.5 Å². The van der Waals surface area contributed by atoms with Gasteiger partial charge in [-0.05, 0) is 18.2 Å². The van der Waals surface area contributed by atoms with Gasteiger partial charge in [0.05, 0.1) is 20.5 Å². The van der Waals surface area contributed by atoms with Crippen LogP contribution in [0.2, 0.25) is 0 Å². The Morgan fingerprint density at radius 1 is 1.11 bits per heavy atom. The zero-order valence-electron chi connectivity index (χ0n) is 16.0. The third-order valence-corrected chi connectivity index (χ3v) is 4.39. The maximum absolute atomic E-state index is 12.4. The molecule has 2 heterocycles. The second kappa shape index (κ2) is 7.59. The summed E-state index contributed by atoms with van der Waals surface area (Å²) in [6, 6.07) is 5.17. The van der Waals surface area contributed by atoms with Gasteiger partial charge in [-0.1, -0.05) is 0 Å². The lowest BCUT2D eigenvalue weighted by Gasteiger charge is -2.11. The minimum absolute atomic E-state index is 0.0255. The van der Waals surface area contributed by atoms with Crippen molar-refractivity contribution < 1.29 is 19.0 Å². The first-order chi connectivity index (χ1) is 13.4. The van der Waals surface area contributed by atoms with Gasteiger partial charge in [-0.2, -0.15) is 0 Å². The smallest absolute Gasteiger partial charge is 0.332 e. The van der Waals surface area contributed by atoms with Crippen molar-refractivity contribution in [1.29, 1.82) is 0 Å². The van der Waals surface area contributed by atoms with Crippen LogP contribution >= 0.6 is 0 Å². The van der Waals surface area contributed by atoms with E-state index in [4.69, 9.17) is 14.2 Å². The van der Waals surface area contributed by atoms with Gasteiger partial charge in [-0.15, -0.1) is 0 Å². The molecule has 0 N–H and O–H groups in total. The summed E-state index contributed by atoms with van der Waals surface area (Å²) < 4.78 is 19.3. The molecule has 0 aliphatic carbocycles. The van der Waals surface area contributed by atoms with E-state index in [-0.39, 0.29) is 24.3 Å². The number of benzene rings is 1. The summed E-state index contributed by atoms with van der Waals surface area (Å²) in [4.78, 5) is 40.8. The van der Waals surface area contributed by atoms with Gasteiger partial charge in [-0.3, -0.25) is 18.7 Å². The third kappa shape index (κ3) is 3.36. The molecule has 1 aromatic carbocycles. The maximum Gasteiger partial charge on any atom is 0.332 e. The summed E-state index contributed by atoms with van der Waals surface area (Å²) >= 11 is 0. The van der Waals surface area contributed by atoms with E-state index >= 15 is 0 Å². The Morgan fingerprint density at radius 3 is 2.54 bits per heavy atom. The molecule has 28 heavy (non-hydrogen) atoms. The molecule has 0 aliphatic heterocycles. The van der Waals surface area contributed by atoms with Crippen LogP contribution in [-0.4, -0.2) is 38.9 Å². The molecule has 148 valence electrons. The minimum Gasteiger partial charge on any atom is -0.497 e. The first kappa shape index (κ1) is 19.2. The number of imidazole rings is 1. The Bertz CT molecular complexity index is 1160. The molecular weight excluding hydrogens is 368 g/mol. The molecule has 3 rings (SSSR count). The lowest BCUT2D eigenvalue weighted by atomic mass is 10.2. The van der Waals surface area contributed by atoms with Crippen LogP contribution in [0.1, 0.15) is 5.56 Å². The Labute approximate surface area is 159 Å². The number of nitrogens with zero attached hydrogens (tertiary/aromatic N) is 4. The largest absolute Gasteiger partial charge is 0.497 e. The van der Waals surface area contributed by atoms with Crippen molar-refractivity contribution in [3.63, 3.8) is 0 Å². The SMILES string of the molecule is COc1ccc(OC)c(COC(=O)Cn2cnc3c2c(=O)n(C)c(=O)n3C)c1. The Morgan fingerprint density at radius 2 is 1.86 bits per heavy atom. The summed E-state index contributed by atoms with van der Waals surface area (Å²) in [6.45, 7) is -0.251. The normalized spacial score (nSPS) is 10.9. The number of aromatic nitrogens is 4. The molecule has 0 aliphatic rings. The predicted molar refractivity (Wildman–Crippen MR) is 99.6 cm³/mol. The van der Waals surface area contributed by atoms with Gasteiger partial charge in [0.15, 0.2) is 11.2 Å². The van der Waals surface area contributed by atoms with Gasteiger partial charge in [0, 0.05) is 19.7 Å². The minimum atomic E-state index is -0.569. The average Bonchev–Trinajstić information content (AvgIpc) is 3.12. The molecule has 0 saturated heterocycles. The van der Waals surface area contributed by atoms with Crippen molar-refractivity contribution in [2.45, 2.75) is 13.2 Å². The fourth-order valence-electron chi connectivity index (χ4n) is 2.85. The Kier molecular flexibility index (Phi) is 5.21. The number of carbonyl (C=O) groups excluding carboxylic acids is 1. The molecule has 0 spiro atoms. The summed E-state index contributed by atoms with van der Waals surface area (Å²) in [5.41, 5.74) is -0.0202. The van der Waals surface area contributed by atoms with Crippen LogP contribution in [0.3, 0.4) is 0 Å². The molecular formula is C18H20N4O6. The van der Waals surface area contributed by atoms with Crippen LogP contribution < -0.4 is 20.7 Å². The van der Waals surface area contributed by atoms with E-state index in [1.165, 1.54) is 43.8 Å². The second-order valence-electron chi connectivity index (χ2n) is 6.09. The van der Waals surface area contributed by atoms with Crippen LogP contribution in [0, 0.1) is 0 Å². The average molecular weight is 388 g/mol. The fourth-order valence-corrected chi connectivity index (χ4v) is 2.85. The Hall–Kier alpha value is -3.56. The van der Waals surface area contributed by atoms with E-state index in [1.54, 1.807) is 18.2 Å². The molecule has 0 unspecified atom stereocenters. The molecule has 0 atom stereocenters. The molecule has 0 saturated carbocycles. The van der Waals surface area contributed by atoms with Gasteiger partial charge in [0.25, 0.3) is 5.56 Å². The number of carbonyl (C=O) groups is 1. The van der Waals surface area contributed by atoms with Crippen molar-refractivity contribution in [2.24, 2.45) is 14.1 Å². The molecule has 10 nitrogen and oxygen atoms in total. The van der Waals surface area contributed by atoms with Crippen molar-refractivity contribution >= 4 is 17.1 Å². The number of aryl methyl sites for hydroxylation is 1. The van der Waals surface area contributed by atoms with Gasteiger partial charge in [0.1, 0.15) is 24.7 Å². The number of hydrogen-bond donors (Lipinski definition) is 0. The first-order valence-electron chi connectivity index (χ1n) is 8.34. The van der Waals surface area contributed by atoms with E-state index in [0.717, 1.165) is 4.57 Å². The van der Waals surface area contributed by atoms with E-state index in [9.17, 15) is 14.4 Å². The topological polar surface area (TPSA) is 107 Å². The molecule has 0 radical (unpaired) electrons. The van der Waals surface area contributed by atoms with Crippen molar-refractivity contribution in [3.05, 3.63) is 50.9 Å². The first-order valence-corrected chi connectivity index (χ1v) is 8.34. The van der Waals surface area contributed by atoms with Crippen LogP contribution in [-0.2, 0) is 36.8 Å². The second-order valence-corrected chi connectivity index (χ2v) is 6.09. The molecule has 10 heteroatoms. The molecule has 0 bridgehead atoms. The van der Waals surface area contributed by atoms with E-state index < -0.39 is 17.2 Å². The number of methoxy groups -OCH3 is 2. The molecule has 3 aromatic rings. The Balaban J connectivity index is 1.82. The predicted octanol–water partition coefficient (Wildman–Crippen LogP) is 0.194. The standard InChI is InChI=1S/C18H20N4O6/c1-20-16-15(17(24)21(2)18(20)25)22(10-19-16)8-14(23)28-9-11-7-12(26-3)5-6-13(11)27-4/h5-7,10H,8-9H2,1-4H3. The van der Waals surface area contributed by atoms with Gasteiger partial charge >= 0.3 is 11.7 Å². The lowest BCUT2D eigenvalue weighted by molar-refractivity contribution is -0.145. The highest BCUT2D eigenvalue weighted by Crippen LogP contribution is 2.24. The summed E-state index contributed by atoms with van der Waals surface area (Å²) in [6.07, 6.45) is 1.33. The zero-order chi connectivity index (χ0) is 20.4. The highest BCUT2D eigenvalue weighted by molar-refractivity contribution is 5.75. The third-order valence-electron chi connectivity index (χ3n) is 4.39. The quantitative estimate of drug-likeness (QED) is 0.555. The number of ether oxygens (including phenoxy) is 3. The van der Waals surface area contributed by atoms with Crippen LogP contribution in [0.15, 0.2) is 34.1 Å². The highest BCUT2D eigenvalue weighted by Gasteiger charge is 2.17. The van der Waals surface area contributed by atoms with Gasteiger partial charge in [0.2, 0.25) is 0 Å².